The molecular weight excluding hydrogens is 304 g/mol. The van der Waals surface area contributed by atoms with Crippen LogP contribution in [0.15, 0.2) is 54.6 Å². The van der Waals surface area contributed by atoms with Crippen LogP contribution < -0.4 is 10.1 Å². The van der Waals surface area contributed by atoms with Crippen LogP contribution in [0.5, 0.6) is 5.75 Å². The smallest absolute Gasteiger partial charge is 0.254 e. The van der Waals surface area contributed by atoms with Crippen LogP contribution in [0.4, 0.5) is 5.69 Å². The Kier molecular flexibility index (Phi) is 5.46. The number of rotatable bonds is 5. The van der Waals surface area contributed by atoms with Gasteiger partial charge in [-0.15, -0.1) is 0 Å². The largest absolute Gasteiger partial charge is 0.489 e. The van der Waals surface area contributed by atoms with E-state index in [4.69, 9.17) is 9.47 Å². The zero-order valence-electron chi connectivity index (χ0n) is 13.8. The van der Waals surface area contributed by atoms with Crippen LogP contribution in [0.3, 0.4) is 0 Å². The van der Waals surface area contributed by atoms with Crippen molar-refractivity contribution in [3.8, 4) is 5.75 Å². The summed E-state index contributed by atoms with van der Waals surface area (Å²) < 4.78 is 11.2. The average molecular weight is 326 g/mol. The van der Waals surface area contributed by atoms with Crippen LogP contribution in [0.25, 0.3) is 0 Å². The number of hydrogen-bond acceptors (Lipinski definition) is 4. The van der Waals surface area contributed by atoms with Gasteiger partial charge in [-0.25, -0.2) is 0 Å². The molecular formula is C19H22N2O3. The molecule has 0 radical (unpaired) electrons. The predicted molar refractivity (Wildman–Crippen MR) is 93.1 cm³/mol. The Bertz CT molecular complexity index is 658. The van der Waals surface area contributed by atoms with Gasteiger partial charge in [0.25, 0.3) is 5.91 Å². The van der Waals surface area contributed by atoms with Crippen LogP contribution in [0.2, 0.25) is 0 Å². The lowest BCUT2D eigenvalue weighted by molar-refractivity contribution is -0.132. The first-order chi connectivity index (χ1) is 11.7. The predicted octanol–water partition coefficient (Wildman–Crippen LogP) is 2.53. The average Bonchev–Trinajstić information content (AvgIpc) is 2.62. The molecule has 2 aromatic carbocycles. The normalized spacial score (nSPS) is 18.1. The number of amides is 1. The van der Waals surface area contributed by atoms with Gasteiger partial charge in [0.1, 0.15) is 18.5 Å². The Morgan fingerprint density at radius 1 is 1.21 bits per heavy atom. The molecule has 3 rings (SSSR count). The number of carbonyl (C=O) groups is 1. The molecule has 1 N–H and O–H groups in total. The Balaban J connectivity index is 1.51. The molecule has 1 fully saturated rings. The van der Waals surface area contributed by atoms with Crippen molar-refractivity contribution in [1.29, 1.82) is 0 Å². The molecule has 1 atom stereocenters. The Morgan fingerprint density at radius 3 is 2.67 bits per heavy atom. The van der Waals surface area contributed by atoms with E-state index in [1.165, 1.54) is 0 Å². The van der Waals surface area contributed by atoms with E-state index in [1.807, 2.05) is 61.6 Å². The number of morpholine rings is 1. The number of ether oxygens (including phenoxy) is 2. The molecule has 0 aliphatic carbocycles. The Labute approximate surface area is 142 Å². The van der Waals surface area contributed by atoms with Crippen LogP contribution in [-0.4, -0.2) is 43.7 Å². The lowest BCUT2D eigenvalue weighted by Gasteiger charge is -2.29. The van der Waals surface area contributed by atoms with E-state index in [2.05, 4.69) is 10.2 Å². The fourth-order valence-corrected chi connectivity index (χ4v) is 2.53. The molecule has 0 bridgehead atoms. The molecule has 1 heterocycles. The van der Waals surface area contributed by atoms with Crippen molar-refractivity contribution in [2.75, 3.05) is 32.1 Å². The highest BCUT2D eigenvalue weighted by Crippen LogP contribution is 2.15. The monoisotopic (exact) mass is 326 g/mol. The van der Waals surface area contributed by atoms with E-state index in [0.717, 1.165) is 23.5 Å². The second kappa shape index (κ2) is 7.95. The molecule has 1 aliphatic rings. The highest BCUT2D eigenvalue weighted by atomic mass is 16.5. The van der Waals surface area contributed by atoms with Crippen molar-refractivity contribution in [3.05, 3.63) is 60.2 Å². The van der Waals surface area contributed by atoms with E-state index < -0.39 is 6.10 Å². The van der Waals surface area contributed by atoms with Crippen molar-refractivity contribution in [3.63, 3.8) is 0 Å². The lowest BCUT2D eigenvalue weighted by Crippen LogP contribution is -2.46. The maximum atomic E-state index is 12.2. The highest BCUT2D eigenvalue weighted by Gasteiger charge is 2.24. The number of benzene rings is 2. The van der Waals surface area contributed by atoms with Gasteiger partial charge in [-0.05, 0) is 36.9 Å². The van der Waals surface area contributed by atoms with Gasteiger partial charge in [0, 0.05) is 18.8 Å². The summed E-state index contributed by atoms with van der Waals surface area (Å²) in [6.07, 6.45) is -0.412. The van der Waals surface area contributed by atoms with Gasteiger partial charge >= 0.3 is 0 Å². The molecule has 24 heavy (non-hydrogen) atoms. The first-order valence-corrected chi connectivity index (χ1v) is 8.08. The molecule has 5 heteroatoms. The molecule has 1 amide bonds. The van der Waals surface area contributed by atoms with Crippen molar-refractivity contribution >= 4 is 11.6 Å². The van der Waals surface area contributed by atoms with E-state index in [-0.39, 0.29) is 5.91 Å². The highest BCUT2D eigenvalue weighted by molar-refractivity contribution is 5.94. The minimum absolute atomic E-state index is 0.102. The van der Waals surface area contributed by atoms with Crippen LogP contribution in [0.1, 0.15) is 5.56 Å². The maximum Gasteiger partial charge on any atom is 0.254 e. The van der Waals surface area contributed by atoms with Gasteiger partial charge < -0.3 is 19.7 Å². The number of likely N-dealkylation sites (N-methyl/N-ethyl adjacent to an activating group) is 1. The fraction of sp³-hybridized carbons (Fsp3) is 0.316. The minimum Gasteiger partial charge on any atom is -0.489 e. The van der Waals surface area contributed by atoms with Gasteiger partial charge in [-0.3, -0.25) is 4.79 Å². The summed E-state index contributed by atoms with van der Waals surface area (Å²) in [6, 6.07) is 17.4. The third-order valence-corrected chi connectivity index (χ3v) is 3.93. The first kappa shape index (κ1) is 16.5. The van der Waals surface area contributed by atoms with Crippen molar-refractivity contribution in [2.45, 2.75) is 12.7 Å². The third-order valence-electron chi connectivity index (χ3n) is 3.93. The molecule has 5 nitrogen and oxygen atoms in total. The molecule has 0 aromatic heterocycles. The van der Waals surface area contributed by atoms with Crippen LogP contribution >= 0.6 is 0 Å². The second-order valence-corrected chi connectivity index (χ2v) is 5.91. The summed E-state index contributed by atoms with van der Waals surface area (Å²) in [5.74, 6) is 0.739. The molecule has 0 saturated carbocycles. The van der Waals surface area contributed by atoms with Gasteiger partial charge in [-0.1, -0.05) is 30.3 Å². The van der Waals surface area contributed by atoms with Gasteiger partial charge in [0.15, 0.2) is 0 Å². The van der Waals surface area contributed by atoms with E-state index in [9.17, 15) is 4.79 Å². The molecule has 126 valence electrons. The Hall–Kier alpha value is -2.37. The number of hydrogen-bond donors (Lipinski definition) is 1. The summed E-state index contributed by atoms with van der Waals surface area (Å²) in [5.41, 5.74) is 1.81. The van der Waals surface area contributed by atoms with E-state index in [1.54, 1.807) is 0 Å². The standard InChI is InChI=1S/C19H22N2O3/c1-21-11-12-23-18(13-21)19(22)20-16-9-7-15(8-10-16)14-24-17-5-3-2-4-6-17/h2-10,18H,11-14H2,1H3,(H,20,22)/t18-/m0/s1. The first-order valence-electron chi connectivity index (χ1n) is 8.08. The number of para-hydroxylation sites is 1. The molecule has 1 saturated heterocycles. The van der Waals surface area contributed by atoms with Gasteiger partial charge in [0.2, 0.25) is 0 Å². The Morgan fingerprint density at radius 2 is 1.96 bits per heavy atom. The van der Waals surface area contributed by atoms with Gasteiger partial charge in [0.05, 0.1) is 6.61 Å². The van der Waals surface area contributed by atoms with Crippen LogP contribution in [0, 0.1) is 0 Å². The SMILES string of the molecule is CN1CCO[C@H](C(=O)Nc2ccc(COc3ccccc3)cc2)C1. The molecule has 0 unspecified atom stereocenters. The summed E-state index contributed by atoms with van der Waals surface area (Å²) in [4.78, 5) is 14.3. The molecule has 2 aromatic rings. The summed E-state index contributed by atoms with van der Waals surface area (Å²) in [5, 5.41) is 2.90. The van der Waals surface area contributed by atoms with Crippen molar-refractivity contribution in [2.24, 2.45) is 0 Å². The second-order valence-electron chi connectivity index (χ2n) is 5.91. The topological polar surface area (TPSA) is 50.8 Å². The van der Waals surface area contributed by atoms with Crippen molar-refractivity contribution < 1.29 is 14.3 Å². The fourth-order valence-electron chi connectivity index (χ4n) is 2.53. The molecule has 0 spiro atoms. The van der Waals surface area contributed by atoms with E-state index >= 15 is 0 Å². The number of anilines is 1. The maximum absolute atomic E-state index is 12.2. The zero-order valence-corrected chi connectivity index (χ0v) is 13.8. The quantitative estimate of drug-likeness (QED) is 0.917. The molecule has 1 aliphatic heterocycles. The zero-order chi connectivity index (χ0) is 16.8. The van der Waals surface area contributed by atoms with Crippen LogP contribution in [-0.2, 0) is 16.1 Å². The third kappa shape index (κ3) is 4.57. The summed E-state index contributed by atoms with van der Waals surface area (Å²) >= 11 is 0. The number of nitrogens with one attached hydrogen (secondary N) is 1. The minimum atomic E-state index is -0.412. The van der Waals surface area contributed by atoms with Gasteiger partial charge in [-0.2, -0.15) is 0 Å². The number of nitrogens with zero attached hydrogens (tertiary/aromatic N) is 1. The number of carbonyl (C=O) groups excluding carboxylic acids is 1. The lowest BCUT2D eigenvalue weighted by atomic mass is 10.2. The van der Waals surface area contributed by atoms with Crippen molar-refractivity contribution in [1.82, 2.24) is 4.90 Å². The summed E-state index contributed by atoms with van der Waals surface area (Å²) in [7, 11) is 1.99. The van der Waals surface area contributed by atoms with E-state index in [0.29, 0.717) is 19.8 Å². The summed E-state index contributed by atoms with van der Waals surface area (Å²) in [6.45, 7) is 2.56.